The predicted octanol–water partition coefficient (Wildman–Crippen LogP) is 2.82. The van der Waals surface area contributed by atoms with Crippen molar-refractivity contribution in [1.82, 2.24) is 34.4 Å². The van der Waals surface area contributed by atoms with Crippen LogP contribution >= 0.6 is 11.3 Å². The summed E-state index contributed by atoms with van der Waals surface area (Å²) in [5, 5.41) is 9.47. The molecule has 6 heterocycles. The van der Waals surface area contributed by atoms with Crippen LogP contribution in [0.3, 0.4) is 0 Å². The van der Waals surface area contributed by atoms with Crippen LogP contribution < -0.4 is 20.7 Å². The molecule has 1 aliphatic carbocycles. The first-order valence-electron chi connectivity index (χ1n) is 19.9. The molecule has 5 aromatic rings. The molecule has 3 N–H and O–H groups in total. The number of carbonyl (C=O) groups excluding carboxylic acids is 7. The van der Waals surface area contributed by atoms with E-state index in [2.05, 4.69) is 25.9 Å². The van der Waals surface area contributed by atoms with Crippen molar-refractivity contribution in [1.29, 1.82) is 0 Å². The smallest absolute Gasteiger partial charge is 0.262 e. The summed E-state index contributed by atoms with van der Waals surface area (Å²) in [5.74, 6) is -2.98. The Morgan fingerprint density at radius 3 is 2.46 bits per heavy atom. The minimum Gasteiger partial charge on any atom is -0.493 e. The molecule has 2 saturated heterocycles. The molecule has 322 valence electrons. The molecule has 3 aromatic heterocycles. The quantitative estimate of drug-likeness (QED) is 0.145. The fraction of sp³-hybridized carbons (Fsp3) is 0.279. The maximum Gasteiger partial charge on any atom is 0.262 e. The number of carbonyl (C=O) groups is 7. The van der Waals surface area contributed by atoms with Gasteiger partial charge in [0.25, 0.3) is 17.7 Å². The Labute approximate surface area is 363 Å². The maximum atomic E-state index is 13.9. The molecule has 1 unspecified atom stereocenters. The summed E-state index contributed by atoms with van der Waals surface area (Å²) in [6, 6.07) is 16.4. The molecule has 3 fully saturated rings. The summed E-state index contributed by atoms with van der Waals surface area (Å²) in [6.45, 7) is 0.910. The molecule has 20 heteroatoms. The van der Waals surface area contributed by atoms with E-state index in [0.717, 1.165) is 31.8 Å². The van der Waals surface area contributed by atoms with Crippen LogP contribution in [0.5, 0.6) is 5.75 Å². The molecular formula is C43H38N8O10S2. The highest BCUT2D eigenvalue weighted by Gasteiger charge is 2.56. The molecule has 1 saturated carbocycles. The highest BCUT2D eigenvalue weighted by molar-refractivity contribution is 7.89. The number of nitrogens with one attached hydrogen (secondary N) is 3. The number of fused-ring (bicyclic) bond motifs is 1. The van der Waals surface area contributed by atoms with Gasteiger partial charge < -0.3 is 20.3 Å². The van der Waals surface area contributed by atoms with Crippen LogP contribution in [0.15, 0.2) is 84.6 Å². The number of hydrogen-bond donors (Lipinski definition) is 3. The molecular weight excluding hydrogens is 853 g/mol. The summed E-state index contributed by atoms with van der Waals surface area (Å²) in [5.41, 5.74) is 3.55. The number of pyridine rings is 1. The predicted molar refractivity (Wildman–Crippen MR) is 226 cm³/mol. The van der Waals surface area contributed by atoms with E-state index in [0.29, 0.717) is 48.2 Å². The van der Waals surface area contributed by atoms with E-state index < -0.39 is 56.9 Å². The number of anilines is 1. The van der Waals surface area contributed by atoms with E-state index in [4.69, 9.17) is 4.74 Å². The molecule has 7 amide bonds. The van der Waals surface area contributed by atoms with E-state index in [1.807, 2.05) is 41.3 Å². The van der Waals surface area contributed by atoms with Gasteiger partial charge in [-0.1, -0.05) is 18.2 Å². The molecule has 0 bridgehead atoms. The average Bonchev–Trinajstić information content (AvgIpc) is 3.53. The number of nitrogens with zero attached hydrogens (tertiary/aromatic N) is 5. The summed E-state index contributed by atoms with van der Waals surface area (Å²) in [4.78, 5) is 101. The lowest BCUT2D eigenvalue weighted by Gasteiger charge is -2.41. The molecule has 1 atom stereocenters. The zero-order valence-electron chi connectivity index (χ0n) is 33.5. The highest BCUT2D eigenvalue weighted by atomic mass is 32.2. The van der Waals surface area contributed by atoms with Crippen molar-refractivity contribution in [2.24, 2.45) is 5.92 Å². The van der Waals surface area contributed by atoms with Crippen molar-refractivity contribution in [2.45, 2.75) is 37.1 Å². The molecule has 4 aliphatic rings. The SMILES string of the molecule is CS(=O)(=O)n1ccc(C(=O)NCC(=O)Nc2nc(-c3cccc(-c4ccnc(C5(C(=O)N6CC(COc7ccc8c(c7)C(=O)N(C7CCC(=O)NC7=O)C8=O)C6)CC5)c4)c3)cs2)c1. The fourth-order valence-electron chi connectivity index (χ4n) is 7.94. The lowest BCUT2D eigenvalue weighted by molar-refractivity contribution is -0.141. The second-order valence-corrected chi connectivity index (χ2v) is 18.6. The van der Waals surface area contributed by atoms with Crippen molar-refractivity contribution in [3.63, 3.8) is 0 Å². The molecule has 9 rings (SSSR count). The van der Waals surface area contributed by atoms with Crippen LogP contribution in [-0.4, -0.2) is 112 Å². The van der Waals surface area contributed by atoms with Crippen LogP contribution in [0.1, 0.15) is 62.5 Å². The number of ether oxygens (including phenoxy) is 1. The van der Waals surface area contributed by atoms with Gasteiger partial charge >= 0.3 is 0 Å². The van der Waals surface area contributed by atoms with Gasteiger partial charge in [0, 0.05) is 55.0 Å². The van der Waals surface area contributed by atoms with Gasteiger partial charge in [-0.3, -0.25) is 52.7 Å². The van der Waals surface area contributed by atoms with Gasteiger partial charge in [0.2, 0.25) is 33.7 Å². The van der Waals surface area contributed by atoms with E-state index in [1.165, 1.54) is 41.9 Å². The average molecular weight is 891 g/mol. The van der Waals surface area contributed by atoms with E-state index >= 15 is 0 Å². The fourth-order valence-corrected chi connectivity index (χ4v) is 9.26. The minimum absolute atomic E-state index is 0.00926. The van der Waals surface area contributed by atoms with Crippen LogP contribution in [0.4, 0.5) is 5.13 Å². The number of aromatic nitrogens is 3. The number of amides is 7. The summed E-state index contributed by atoms with van der Waals surface area (Å²) >= 11 is 1.22. The van der Waals surface area contributed by atoms with Gasteiger partial charge in [-0.05, 0) is 72.9 Å². The molecule has 0 radical (unpaired) electrons. The second kappa shape index (κ2) is 16.0. The topological polar surface area (TPSA) is 236 Å². The Morgan fingerprint density at radius 1 is 0.952 bits per heavy atom. The lowest BCUT2D eigenvalue weighted by Crippen LogP contribution is -2.55. The molecule has 3 aliphatic heterocycles. The van der Waals surface area contributed by atoms with Gasteiger partial charge in [0.1, 0.15) is 11.8 Å². The zero-order chi connectivity index (χ0) is 44.2. The monoisotopic (exact) mass is 890 g/mol. The van der Waals surface area contributed by atoms with E-state index in [1.54, 1.807) is 17.6 Å². The standard InChI is InChI=1S/C43H38N8O10S2/c1-63(59,60)50-14-10-28(21-50)37(54)45-18-36(53)48-42-46-32(23-62-42)27-4-2-3-25(15-27)26-9-13-44-34(16-26)43(11-12-43)41(58)49-19-24(20-49)22-61-29-5-6-30-31(17-29)40(57)51(39(30)56)33-7-8-35(52)47-38(33)55/h2-6,9-10,13-17,21,23-24,33H,7-8,11-12,18-20,22H2,1H3,(H,45,54)(H,46,48,53)(H,47,52,55). The second-order valence-electron chi connectivity index (χ2n) is 15.9. The van der Waals surface area contributed by atoms with Crippen molar-refractivity contribution in [3.05, 3.63) is 107 Å². The first-order chi connectivity index (χ1) is 30.2. The first-order valence-corrected chi connectivity index (χ1v) is 22.7. The third-order valence-corrected chi connectivity index (χ3v) is 13.3. The third-order valence-electron chi connectivity index (χ3n) is 11.5. The van der Waals surface area contributed by atoms with Crippen molar-refractivity contribution in [3.8, 4) is 28.1 Å². The normalized spacial score (nSPS) is 18.1. The third kappa shape index (κ3) is 8.09. The minimum atomic E-state index is -3.55. The molecule has 2 aromatic carbocycles. The Morgan fingerprint density at radius 2 is 1.71 bits per heavy atom. The van der Waals surface area contributed by atoms with Gasteiger partial charge in [0.15, 0.2) is 5.13 Å². The summed E-state index contributed by atoms with van der Waals surface area (Å²) in [6.07, 6.45) is 6.58. The van der Waals surface area contributed by atoms with Gasteiger partial charge in [-0.2, -0.15) is 0 Å². The van der Waals surface area contributed by atoms with Crippen LogP contribution in [0, 0.1) is 5.92 Å². The number of piperidine rings is 1. The number of thiazole rings is 1. The maximum absolute atomic E-state index is 13.9. The largest absolute Gasteiger partial charge is 0.493 e. The van der Waals surface area contributed by atoms with Crippen molar-refractivity contribution in [2.75, 3.05) is 37.8 Å². The zero-order valence-corrected chi connectivity index (χ0v) is 35.2. The first kappa shape index (κ1) is 41.3. The van der Waals surface area contributed by atoms with Gasteiger partial charge in [-0.25, -0.2) is 13.4 Å². The summed E-state index contributed by atoms with van der Waals surface area (Å²) < 4.78 is 30.3. The number of likely N-dealkylation sites (tertiary alicyclic amines) is 1. The molecule has 0 spiro atoms. The lowest BCUT2D eigenvalue weighted by atomic mass is 9.92. The van der Waals surface area contributed by atoms with Crippen LogP contribution in [0.25, 0.3) is 22.4 Å². The van der Waals surface area contributed by atoms with Gasteiger partial charge in [0.05, 0.1) is 52.9 Å². The number of rotatable bonds is 13. The molecule has 18 nitrogen and oxygen atoms in total. The van der Waals surface area contributed by atoms with Crippen molar-refractivity contribution >= 4 is 67.8 Å². The van der Waals surface area contributed by atoms with Crippen LogP contribution in [0.2, 0.25) is 0 Å². The Hall–Kier alpha value is -7.06. The number of imide groups is 2. The van der Waals surface area contributed by atoms with Gasteiger partial charge in [-0.15, -0.1) is 11.3 Å². The van der Waals surface area contributed by atoms with E-state index in [-0.39, 0.29) is 54.5 Å². The Bertz CT molecular complexity index is 2880. The number of hydrogen-bond acceptors (Lipinski definition) is 13. The van der Waals surface area contributed by atoms with Crippen molar-refractivity contribution < 1.29 is 46.7 Å². The van der Waals surface area contributed by atoms with Crippen LogP contribution in [-0.2, 0) is 34.6 Å². The number of benzene rings is 2. The Balaban J connectivity index is 0.779. The summed E-state index contributed by atoms with van der Waals surface area (Å²) in [7, 11) is -3.55. The van der Waals surface area contributed by atoms with E-state index in [9.17, 15) is 42.0 Å². The molecule has 63 heavy (non-hydrogen) atoms. The highest BCUT2D eigenvalue weighted by Crippen LogP contribution is 2.50. The Kier molecular flexibility index (Phi) is 10.5.